The first-order valence-electron chi connectivity index (χ1n) is 6.34. The minimum Gasteiger partial charge on any atom is -0.343 e. The number of nitrogens with zero attached hydrogens (tertiary/aromatic N) is 3. The quantitative estimate of drug-likeness (QED) is 0.739. The van der Waals surface area contributed by atoms with Crippen molar-refractivity contribution in [2.24, 2.45) is 0 Å². The molecule has 3 rings (SSSR count). The normalized spacial score (nSPS) is 10.7. The van der Waals surface area contributed by atoms with Crippen LogP contribution in [0.15, 0.2) is 35.1 Å². The summed E-state index contributed by atoms with van der Waals surface area (Å²) >= 11 is 6.11. The average Bonchev–Trinajstić information content (AvgIpc) is 2.84. The van der Waals surface area contributed by atoms with Gasteiger partial charge in [-0.1, -0.05) is 18.2 Å². The summed E-state index contributed by atoms with van der Waals surface area (Å²) in [7, 11) is 0. The summed E-state index contributed by atoms with van der Waals surface area (Å²) in [4.78, 5) is 19.7. The lowest BCUT2D eigenvalue weighted by atomic mass is 10.1. The van der Waals surface area contributed by atoms with E-state index in [-0.39, 0.29) is 17.4 Å². The second-order valence-corrected chi connectivity index (χ2v) is 5.09. The molecular formula is C15H11ClN4O. The van der Waals surface area contributed by atoms with Gasteiger partial charge in [-0.2, -0.15) is 5.26 Å². The van der Waals surface area contributed by atoms with E-state index >= 15 is 0 Å². The zero-order chi connectivity index (χ0) is 15.0. The molecule has 0 radical (unpaired) electrons. The van der Waals surface area contributed by atoms with Gasteiger partial charge < -0.3 is 4.98 Å². The minimum absolute atomic E-state index is 0.0992. The maximum Gasteiger partial charge on any atom is 0.264 e. The minimum atomic E-state index is -0.220. The van der Waals surface area contributed by atoms with E-state index in [9.17, 15) is 4.79 Å². The number of hydrogen-bond donors (Lipinski definition) is 1. The van der Waals surface area contributed by atoms with E-state index in [0.717, 1.165) is 11.3 Å². The Morgan fingerprint density at radius 1 is 1.43 bits per heavy atom. The maximum atomic E-state index is 12.5. The van der Waals surface area contributed by atoms with Gasteiger partial charge in [-0.05, 0) is 36.2 Å². The van der Waals surface area contributed by atoms with E-state index in [4.69, 9.17) is 16.9 Å². The van der Waals surface area contributed by atoms with Crippen LogP contribution >= 0.6 is 11.6 Å². The van der Waals surface area contributed by atoms with E-state index < -0.39 is 0 Å². The number of aryl methyl sites for hydroxylation is 1. The highest BCUT2D eigenvalue weighted by Crippen LogP contribution is 2.15. The zero-order valence-corrected chi connectivity index (χ0v) is 12.0. The molecule has 0 atom stereocenters. The first kappa shape index (κ1) is 13.4. The van der Waals surface area contributed by atoms with Crippen LogP contribution < -0.4 is 5.56 Å². The molecule has 0 fully saturated rings. The van der Waals surface area contributed by atoms with Crippen LogP contribution in [0.25, 0.3) is 11.0 Å². The maximum absolute atomic E-state index is 12.5. The zero-order valence-electron chi connectivity index (χ0n) is 11.2. The molecule has 0 unspecified atom stereocenters. The van der Waals surface area contributed by atoms with E-state index in [1.54, 1.807) is 24.3 Å². The van der Waals surface area contributed by atoms with Crippen molar-refractivity contribution >= 4 is 22.6 Å². The summed E-state index contributed by atoms with van der Waals surface area (Å²) in [6.45, 7) is 2.07. The van der Waals surface area contributed by atoms with Crippen LogP contribution in [0.5, 0.6) is 0 Å². The van der Waals surface area contributed by atoms with Crippen LogP contribution in [-0.2, 0) is 6.54 Å². The molecule has 1 N–H and O–H groups in total. The Morgan fingerprint density at radius 3 is 2.95 bits per heavy atom. The van der Waals surface area contributed by atoms with Crippen molar-refractivity contribution in [2.45, 2.75) is 13.5 Å². The van der Waals surface area contributed by atoms with Crippen molar-refractivity contribution in [3.8, 4) is 6.07 Å². The Hall–Kier alpha value is -2.58. The van der Waals surface area contributed by atoms with Gasteiger partial charge >= 0.3 is 0 Å². The Bertz CT molecular complexity index is 933. The monoisotopic (exact) mass is 298 g/mol. The Kier molecular flexibility index (Phi) is 3.24. The molecule has 104 valence electrons. The molecule has 2 heterocycles. The molecule has 0 aliphatic heterocycles. The third-order valence-corrected chi connectivity index (χ3v) is 3.59. The summed E-state index contributed by atoms with van der Waals surface area (Å²) in [6.07, 6.45) is 0. The highest BCUT2D eigenvalue weighted by Gasteiger charge is 2.13. The van der Waals surface area contributed by atoms with Crippen molar-refractivity contribution in [3.05, 3.63) is 62.8 Å². The number of H-pyrrole nitrogens is 1. The van der Waals surface area contributed by atoms with Crippen molar-refractivity contribution in [1.82, 2.24) is 14.5 Å². The van der Waals surface area contributed by atoms with E-state index in [0.29, 0.717) is 16.6 Å². The van der Waals surface area contributed by atoms with E-state index in [1.807, 2.05) is 13.0 Å². The summed E-state index contributed by atoms with van der Waals surface area (Å²) in [5.41, 5.74) is 2.36. The van der Waals surface area contributed by atoms with Gasteiger partial charge in [0.15, 0.2) is 0 Å². The highest BCUT2D eigenvalue weighted by atomic mass is 35.5. The lowest BCUT2D eigenvalue weighted by Gasteiger charge is -2.09. The number of aromatic amines is 1. The highest BCUT2D eigenvalue weighted by molar-refractivity contribution is 6.28. The van der Waals surface area contributed by atoms with Gasteiger partial charge in [0.05, 0.1) is 23.6 Å². The molecule has 0 spiro atoms. The lowest BCUT2D eigenvalue weighted by Crippen LogP contribution is -2.22. The fourth-order valence-corrected chi connectivity index (χ4v) is 2.50. The largest absolute Gasteiger partial charge is 0.343 e. The molecule has 3 aromatic rings. The van der Waals surface area contributed by atoms with E-state index in [1.165, 1.54) is 4.57 Å². The first-order chi connectivity index (χ1) is 10.1. The second kappa shape index (κ2) is 5.08. The Balaban J connectivity index is 2.17. The lowest BCUT2D eigenvalue weighted by molar-refractivity contribution is 0.747. The fourth-order valence-electron chi connectivity index (χ4n) is 2.28. The molecule has 6 heteroatoms. The van der Waals surface area contributed by atoms with Crippen molar-refractivity contribution in [1.29, 1.82) is 5.26 Å². The smallest absolute Gasteiger partial charge is 0.264 e. The van der Waals surface area contributed by atoms with Gasteiger partial charge in [-0.15, -0.1) is 0 Å². The molecule has 0 saturated heterocycles. The van der Waals surface area contributed by atoms with Crippen LogP contribution in [0, 0.1) is 18.3 Å². The number of hydrogen-bond acceptors (Lipinski definition) is 3. The van der Waals surface area contributed by atoms with Crippen molar-refractivity contribution < 1.29 is 0 Å². The van der Waals surface area contributed by atoms with Crippen molar-refractivity contribution in [3.63, 3.8) is 0 Å². The topological polar surface area (TPSA) is 74.5 Å². The predicted molar refractivity (Wildman–Crippen MR) is 80.4 cm³/mol. The third-order valence-electron chi connectivity index (χ3n) is 3.30. The molecule has 0 amide bonds. The summed E-state index contributed by atoms with van der Waals surface area (Å²) in [6, 6.07) is 11.0. The predicted octanol–water partition coefficient (Wildman–Crippen LogP) is 2.61. The van der Waals surface area contributed by atoms with Gasteiger partial charge in [0.2, 0.25) is 5.28 Å². The van der Waals surface area contributed by atoms with Crippen molar-refractivity contribution in [2.75, 3.05) is 0 Å². The molecule has 1 aromatic carbocycles. The average molecular weight is 299 g/mol. The first-order valence-corrected chi connectivity index (χ1v) is 6.71. The summed E-state index contributed by atoms with van der Waals surface area (Å²) in [5.74, 6) is 0. The van der Waals surface area contributed by atoms with Crippen LogP contribution in [0.2, 0.25) is 5.28 Å². The standard InChI is InChI=1S/C15H11ClN4O/c1-9-6-12-13(18-9)19-15(16)20(14(12)21)8-11-5-3-2-4-10(11)7-17/h2-6,18H,8H2,1H3. The fraction of sp³-hybridized carbons (Fsp3) is 0.133. The number of nitriles is 1. The molecule has 0 bridgehead atoms. The second-order valence-electron chi connectivity index (χ2n) is 4.76. The number of benzene rings is 1. The van der Waals surface area contributed by atoms with Gasteiger partial charge in [0, 0.05) is 5.69 Å². The van der Waals surface area contributed by atoms with E-state index in [2.05, 4.69) is 16.0 Å². The molecule has 2 aromatic heterocycles. The molecule has 0 aliphatic carbocycles. The van der Waals surface area contributed by atoms with Gasteiger partial charge in [-0.3, -0.25) is 9.36 Å². The molecule has 21 heavy (non-hydrogen) atoms. The number of halogens is 1. The van der Waals surface area contributed by atoms with Crippen LogP contribution in [0.1, 0.15) is 16.8 Å². The summed E-state index contributed by atoms with van der Waals surface area (Å²) in [5, 5.41) is 9.71. The molecule has 0 saturated carbocycles. The number of nitrogens with one attached hydrogen (secondary N) is 1. The van der Waals surface area contributed by atoms with Gasteiger partial charge in [0.1, 0.15) is 5.65 Å². The third kappa shape index (κ3) is 2.30. The molecular weight excluding hydrogens is 288 g/mol. The van der Waals surface area contributed by atoms with Gasteiger partial charge in [0.25, 0.3) is 5.56 Å². The molecule has 5 nitrogen and oxygen atoms in total. The van der Waals surface area contributed by atoms with Crippen LogP contribution in [0.4, 0.5) is 0 Å². The Morgan fingerprint density at radius 2 is 2.19 bits per heavy atom. The number of aromatic nitrogens is 3. The molecule has 0 aliphatic rings. The number of rotatable bonds is 2. The Labute approximate surface area is 125 Å². The summed E-state index contributed by atoms with van der Waals surface area (Å²) < 4.78 is 1.37. The van der Waals surface area contributed by atoms with Crippen LogP contribution in [-0.4, -0.2) is 14.5 Å². The number of fused-ring (bicyclic) bond motifs is 1. The SMILES string of the molecule is Cc1cc2c(=O)n(Cc3ccccc3C#N)c(Cl)nc2[nH]1. The van der Waals surface area contributed by atoms with Crippen LogP contribution in [0.3, 0.4) is 0 Å². The van der Waals surface area contributed by atoms with Gasteiger partial charge in [-0.25, -0.2) is 4.98 Å².